The summed E-state index contributed by atoms with van der Waals surface area (Å²) in [5.74, 6) is -1.48. The van der Waals surface area contributed by atoms with Gasteiger partial charge < -0.3 is 5.32 Å². The number of benzene rings is 1. The Balaban J connectivity index is 3.05. The number of unbranched alkanes of at least 4 members (excludes halogenated alkanes) is 1. The van der Waals surface area contributed by atoms with Crippen molar-refractivity contribution in [3.8, 4) is 0 Å². The summed E-state index contributed by atoms with van der Waals surface area (Å²) in [4.78, 5) is 11.7. The molecule has 1 aromatic rings. The Bertz CT molecular complexity index is 637. The van der Waals surface area contributed by atoms with Crippen LogP contribution in [-0.4, -0.2) is 20.4 Å². The van der Waals surface area contributed by atoms with E-state index in [1.807, 2.05) is 13.8 Å². The number of hydrogen-bond acceptors (Lipinski definition) is 3. The Morgan fingerprint density at radius 1 is 1.48 bits per heavy atom. The molecule has 0 heterocycles. The zero-order valence-corrected chi connectivity index (χ0v) is 14.8. The van der Waals surface area contributed by atoms with Gasteiger partial charge in [-0.1, -0.05) is 19.8 Å². The van der Waals surface area contributed by atoms with Crippen LogP contribution in [-0.2, 0) is 9.05 Å². The predicted molar refractivity (Wildman–Crippen MR) is 83.6 cm³/mol. The molecule has 8 heteroatoms. The van der Waals surface area contributed by atoms with Gasteiger partial charge in [0, 0.05) is 21.2 Å². The van der Waals surface area contributed by atoms with E-state index >= 15 is 0 Å². The normalized spacial score (nSPS) is 13.0. The summed E-state index contributed by atoms with van der Waals surface area (Å²) in [6.45, 7) is 3.84. The van der Waals surface area contributed by atoms with Crippen molar-refractivity contribution in [1.29, 1.82) is 0 Å². The number of carbonyl (C=O) groups excluding carboxylic acids is 1. The molecule has 0 aliphatic heterocycles. The average Bonchev–Trinajstić information content (AvgIpc) is 2.34. The lowest BCUT2D eigenvalue weighted by Gasteiger charge is -2.14. The fraction of sp³-hybridized carbons (Fsp3) is 0.462. The van der Waals surface area contributed by atoms with Crippen molar-refractivity contribution in [3.05, 3.63) is 28.0 Å². The Hall–Kier alpha value is -0.660. The highest BCUT2D eigenvalue weighted by Gasteiger charge is 2.22. The van der Waals surface area contributed by atoms with E-state index < -0.39 is 20.8 Å². The fourth-order valence-corrected chi connectivity index (χ4v) is 3.94. The minimum Gasteiger partial charge on any atom is -0.349 e. The van der Waals surface area contributed by atoms with Crippen LogP contribution in [0.3, 0.4) is 0 Å². The Morgan fingerprint density at radius 2 is 2.10 bits per heavy atom. The van der Waals surface area contributed by atoms with Crippen molar-refractivity contribution in [1.82, 2.24) is 5.32 Å². The van der Waals surface area contributed by atoms with Gasteiger partial charge in [0.2, 0.25) is 0 Å². The van der Waals surface area contributed by atoms with Crippen LogP contribution in [0.15, 0.2) is 21.5 Å². The van der Waals surface area contributed by atoms with E-state index in [1.165, 1.54) is 0 Å². The molecule has 4 nitrogen and oxygen atoms in total. The van der Waals surface area contributed by atoms with Crippen LogP contribution in [0.25, 0.3) is 0 Å². The molecule has 1 N–H and O–H groups in total. The van der Waals surface area contributed by atoms with E-state index in [0.717, 1.165) is 31.4 Å². The molecule has 0 saturated carbocycles. The highest BCUT2D eigenvalue weighted by molar-refractivity contribution is 9.10. The molecule has 0 bridgehead atoms. The first-order chi connectivity index (χ1) is 9.66. The topological polar surface area (TPSA) is 63.2 Å². The highest BCUT2D eigenvalue weighted by Crippen LogP contribution is 2.28. The van der Waals surface area contributed by atoms with Crippen molar-refractivity contribution in [2.24, 2.45) is 0 Å². The molecule has 0 saturated heterocycles. The lowest BCUT2D eigenvalue weighted by molar-refractivity contribution is 0.0933. The Kier molecular flexibility index (Phi) is 6.62. The molecule has 1 aromatic carbocycles. The maximum atomic E-state index is 13.8. The lowest BCUT2D eigenvalue weighted by Crippen LogP contribution is -2.33. The molecule has 1 unspecified atom stereocenters. The quantitative estimate of drug-likeness (QED) is 0.738. The standard InChI is InChI=1S/C13H16BrClFNO3S/c1-3-4-5-8(2)17-13(18)9-6-12(21(15,19)20)10(14)7-11(9)16/h6-8H,3-5H2,1-2H3,(H,17,18). The number of halogens is 3. The smallest absolute Gasteiger partial charge is 0.262 e. The van der Waals surface area contributed by atoms with Crippen molar-refractivity contribution in [3.63, 3.8) is 0 Å². The summed E-state index contributed by atoms with van der Waals surface area (Å²) in [6, 6.07) is 1.72. The van der Waals surface area contributed by atoms with Gasteiger partial charge in [-0.3, -0.25) is 4.79 Å². The molecular formula is C13H16BrClFNO3S. The Labute approximate surface area is 136 Å². The number of amides is 1. The molecule has 0 aliphatic rings. The van der Waals surface area contributed by atoms with Crippen LogP contribution in [0, 0.1) is 5.82 Å². The van der Waals surface area contributed by atoms with E-state index in [0.29, 0.717) is 0 Å². The van der Waals surface area contributed by atoms with Crippen LogP contribution in [0.4, 0.5) is 4.39 Å². The fourth-order valence-electron chi connectivity index (χ4n) is 1.77. The van der Waals surface area contributed by atoms with E-state index in [9.17, 15) is 17.6 Å². The molecule has 1 amide bonds. The molecule has 0 aromatic heterocycles. The van der Waals surface area contributed by atoms with Crippen LogP contribution in [0.1, 0.15) is 43.5 Å². The first-order valence-electron chi connectivity index (χ1n) is 6.41. The first-order valence-corrected chi connectivity index (χ1v) is 9.51. The molecule has 0 radical (unpaired) electrons. The third-order valence-electron chi connectivity index (χ3n) is 2.90. The Morgan fingerprint density at radius 3 is 2.62 bits per heavy atom. The van der Waals surface area contributed by atoms with Crippen molar-refractivity contribution >= 4 is 41.6 Å². The SMILES string of the molecule is CCCCC(C)NC(=O)c1cc(S(=O)(=O)Cl)c(Br)cc1F. The number of carbonyl (C=O) groups is 1. The van der Waals surface area contributed by atoms with Gasteiger partial charge in [-0.2, -0.15) is 0 Å². The molecule has 0 spiro atoms. The van der Waals surface area contributed by atoms with E-state index in [4.69, 9.17) is 10.7 Å². The maximum Gasteiger partial charge on any atom is 0.262 e. The second kappa shape index (κ2) is 7.56. The first kappa shape index (κ1) is 18.4. The lowest BCUT2D eigenvalue weighted by atomic mass is 10.1. The third-order valence-corrected chi connectivity index (χ3v) is 5.18. The maximum absolute atomic E-state index is 13.8. The van der Waals surface area contributed by atoms with Gasteiger partial charge >= 0.3 is 0 Å². The third kappa shape index (κ3) is 5.23. The van der Waals surface area contributed by atoms with Gasteiger partial charge in [-0.05, 0) is 41.4 Å². The molecule has 0 aliphatic carbocycles. The van der Waals surface area contributed by atoms with Crippen molar-refractivity contribution < 1.29 is 17.6 Å². The summed E-state index contributed by atoms with van der Waals surface area (Å²) < 4.78 is 36.6. The van der Waals surface area contributed by atoms with E-state index in [2.05, 4.69) is 21.2 Å². The van der Waals surface area contributed by atoms with Crippen LogP contribution >= 0.6 is 26.6 Å². The molecular weight excluding hydrogens is 385 g/mol. The average molecular weight is 401 g/mol. The van der Waals surface area contributed by atoms with Crippen LogP contribution < -0.4 is 5.32 Å². The summed E-state index contributed by atoms with van der Waals surface area (Å²) in [5, 5.41) is 2.64. The van der Waals surface area contributed by atoms with E-state index in [-0.39, 0.29) is 21.0 Å². The second-order valence-corrected chi connectivity index (χ2v) is 8.11. The molecule has 1 rings (SSSR count). The van der Waals surface area contributed by atoms with Gasteiger partial charge in [0.05, 0.1) is 10.5 Å². The van der Waals surface area contributed by atoms with Crippen molar-refractivity contribution in [2.75, 3.05) is 0 Å². The van der Waals surface area contributed by atoms with E-state index in [1.54, 1.807) is 0 Å². The molecule has 21 heavy (non-hydrogen) atoms. The predicted octanol–water partition coefficient (Wildman–Crippen LogP) is 3.82. The number of rotatable bonds is 6. The summed E-state index contributed by atoms with van der Waals surface area (Å²) >= 11 is 2.92. The number of nitrogens with one attached hydrogen (secondary N) is 1. The summed E-state index contributed by atoms with van der Waals surface area (Å²) in [6.07, 6.45) is 2.69. The largest absolute Gasteiger partial charge is 0.349 e. The van der Waals surface area contributed by atoms with Gasteiger partial charge in [0.25, 0.3) is 15.0 Å². The van der Waals surface area contributed by atoms with Crippen molar-refractivity contribution in [2.45, 2.75) is 44.0 Å². The summed E-state index contributed by atoms with van der Waals surface area (Å²) in [7, 11) is 1.18. The van der Waals surface area contributed by atoms with Gasteiger partial charge in [-0.15, -0.1) is 0 Å². The highest BCUT2D eigenvalue weighted by atomic mass is 79.9. The summed E-state index contributed by atoms with van der Waals surface area (Å²) in [5.41, 5.74) is -0.347. The minimum atomic E-state index is -4.07. The molecule has 0 fully saturated rings. The van der Waals surface area contributed by atoms with Crippen LogP contribution in [0.5, 0.6) is 0 Å². The number of hydrogen-bond donors (Lipinski definition) is 1. The van der Waals surface area contributed by atoms with Gasteiger partial charge in [-0.25, -0.2) is 12.8 Å². The van der Waals surface area contributed by atoms with Gasteiger partial charge in [0.15, 0.2) is 0 Å². The molecule has 118 valence electrons. The second-order valence-electron chi connectivity index (χ2n) is 4.72. The van der Waals surface area contributed by atoms with Gasteiger partial charge in [0.1, 0.15) is 5.82 Å². The molecule has 1 atom stereocenters. The monoisotopic (exact) mass is 399 g/mol. The van der Waals surface area contributed by atoms with Crippen LogP contribution in [0.2, 0.25) is 0 Å². The zero-order valence-electron chi connectivity index (χ0n) is 11.6. The minimum absolute atomic E-state index is 0.0226. The zero-order chi connectivity index (χ0) is 16.2.